The summed E-state index contributed by atoms with van der Waals surface area (Å²) >= 11 is 0. The molecule has 3 aromatic rings. The molecule has 0 aliphatic heterocycles. The topological polar surface area (TPSA) is 108 Å². The zero-order chi connectivity index (χ0) is 13.9. The molecule has 100 valence electrons. The first-order valence-corrected chi connectivity index (χ1v) is 5.70. The van der Waals surface area contributed by atoms with Gasteiger partial charge in [0.2, 0.25) is 0 Å². The van der Waals surface area contributed by atoms with E-state index in [0.29, 0.717) is 17.0 Å². The summed E-state index contributed by atoms with van der Waals surface area (Å²) in [4.78, 5) is 0. The highest BCUT2D eigenvalue weighted by molar-refractivity contribution is 5.84. The Hall–Kier alpha value is -3.16. The highest BCUT2D eigenvalue weighted by Gasteiger charge is 2.00. The van der Waals surface area contributed by atoms with Crippen LogP contribution in [0.3, 0.4) is 0 Å². The molecule has 0 fully saturated rings. The quantitative estimate of drug-likeness (QED) is 0.483. The van der Waals surface area contributed by atoms with Gasteiger partial charge in [0.1, 0.15) is 17.8 Å². The van der Waals surface area contributed by atoms with E-state index in [1.807, 2.05) is 0 Å². The maximum Gasteiger partial charge on any atom is 0.177 e. The van der Waals surface area contributed by atoms with Crippen molar-refractivity contribution in [3.05, 3.63) is 42.2 Å². The number of anilines is 1. The minimum atomic E-state index is -0.0576. The highest BCUT2D eigenvalue weighted by atomic mass is 16.3. The van der Waals surface area contributed by atoms with E-state index in [2.05, 4.69) is 25.8 Å². The summed E-state index contributed by atoms with van der Waals surface area (Å²) < 4.78 is 1.51. The summed E-state index contributed by atoms with van der Waals surface area (Å²) in [5.41, 5.74) is 3.83. The average molecular weight is 270 g/mol. The van der Waals surface area contributed by atoms with Gasteiger partial charge in [-0.2, -0.15) is 9.62 Å². The molecular formula is C12H10N6O2. The average Bonchev–Trinajstić information content (AvgIpc) is 2.89. The zero-order valence-corrected chi connectivity index (χ0v) is 10.2. The maximum atomic E-state index is 9.59. The van der Waals surface area contributed by atoms with Gasteiger partial charge >= 0.3 is 0 Å². The summed E-state index contributed by atoms with van der Waals surface area (Å²) in [7, 11) is 0. The molecule has 0 aliphatic rings. The second-order valence-corrected chi connectivity index (χ2v) is 3.97. The number of hydrogen-bond acceptors (Lipinski definition) is 7. The van der Waals surface area contributed by atoms with E-state index < -0.39 is 0 Å². The number of aromatic nitrogens is 4. The van der Waals surface area contributed by atoms with E-state index in [9.17, 15) is 10.2 Å². The van der Waals surface area contributed by atoms with Crippen LogP contribution < -0.4 is 5.43 Å². The smallest absolute Gasteiger partial charge is 0.177 e. The Bertz CT molecular complexity index is 782. The van der Waals surface area contributed by atoms with Crippen molar-refractivity contribution in [2.24, 2.45) is 5.10 Å². The molecule has 0 saturated carbocycles. The predicted molar refractivity (Wildman–Crippen MR) is 71.8 cm³/mol. The second-order valence-electron chi connectivity index (χ2n) is 3.97. The normalized spacial score (nSPS) is 11.2. The van der Waals surface area contributed by atoms with Crippen molar-refractivity contribution < 1.29 is 10.2 Å². The third-order valence-corrected chi connectivity index (χ3v) is 2.56. The molecule has 0 bridgehead atoms. The molecule has 3 rings (SSSR count). The summed E-state index contributed by atoms with van der Waals surface area (Å²) in [5, 5.41) is 34.4. The number of benzene rings is 1. The van der Waals surface area contributed by atoms with E-state index in [1.54, 1.807) is 18.2 Å². The summed E-state index contributed by atoms with van der Waals surface area (Å²) in [6, 6.07) is 7.70. The lowest BCUT2D eigenvalue weighted by Gasteiger charge is -2.01. The van der Waals surface area contributed by atoms with Crippen molar-refractivity contribution in [3.8, 4) is 11.5 Å². The minimum Gasteiger partial charge on any atom is -0.508 e. The summed E-state index contributed by atoms with van der Waals surface area (Å²) in [6.07, 6.45) is 2.91. The lowest BCUT2D eigenvalue weighted by molar-refractivity contribution is 0.450. The van der Waals surface area contributed by atoms with Crippen LogP contribution in [0.2, 0.25) is 0 Å². The van der Waals surface area contributed by atoms with Crippen molar-refractivity contribution in [2.45, 2.75) is 0 Å². The molecule has 1 aromatic carbocycles. The lowest BCUT2D eigenvalue weighted by Crippen LogP contribution is -1.98. The number of nitrogens with zero attached hydrogens (tertiary/aromatic N) is 5. The van der Waals surface area contributed by atoms with Crippen molar-refractivity contribution in [1.29, 1.82) is 0 Å². The molecule has 0 radical (unpaired) electrons. The van der Waals surface area contributed by atoms with Gasteiger partial charge in [0.25, 0.3) is 0 Å². The van der Waals surface area contributed by atoms with Gasteiger partial charge in [-0.1, -0.05) is 0 Å². The van der Waals surface area contributed by atoms with E-state index in [0.717, 1.165) is 0 Å². The molecule has 0 saturated heterocycles. The Morgan fingerprint density at radius 1 is 1.20 bits per heavy atom. The third kappa shape index (κ3) is 2.34. The first-order chi connectivity index (χ1) is 9.72. The fourth-order valence-electron chi connectivity index (χ4n) is 1.60. The van der Waals surface area contributed by atoms with Crippen LogP contribution in [0.5, 0.6) is 11.5 Å². The Kier molecular flexibility index (Phi) is 2.88. The zero-order valence-electron chi connectivity index (χ0n) is 10.2. The second kappa shape index (κ2) is 4.84. The first kappa shape index (κ1) is 11.9. The molecule has 0 aliphatic carbocycles. The fourth-order valence-corrected chi connectivity index (χ4v) is 1.60. The van der Waals surface area contributed by atoms with E-state index in [4.69, 9.17) is 0 Å². The van der Waals surface area contributed by atoms with Crippen molar-refractivity contribution in [2.75, 3.05) is 5.43 Å². The van der Waals surface area contributed by atoms with Crippen LogP contribution in [0.1, 0.15) is 5.56 Å². The van der Waals surface area contributed by atoms with Crippen LogP contribution in [-0.2, 0) is 0 Å². The van der Waals surface area contributed by atoms with Crippen molar-refractivity contribution in [1.82, 2.24) is 19.8 Å². The third-order valence-electron chi connectivity index (χ3n) is 2.56. The molecule has 2 heterocycles. The molecular weight excluding hydrogens is 260 g/mol. The number of phenols is 2. The molecule has 8 nitrogen and oxygen atoms in total. The van der Waals surface area contributed by atoms with Gasteiger partial charge in [-0.15, -0.1) is 15.3 Å². The number of aromatic hydroxyl groups is 2. The fraction of sp³-hybridized carbons (Fsp3) is 0. The number of fused-ring (bicyclic) bond motifs is 1. The molecule has 2 aromatic heterocycles. The first-order valence-electron chi connectivity index (χ1n) is 5.70. The summed E-state index contributed by atoms with van der Waals surface area (Å²) in [5.74, 6) is 0.442. The molecule has 20 heavy (non-hydrogen) atoms. The van der Waals surface area contributed by atoms with Crippen LogP contribution in [0.4, 0.5) is 5.82 Å². The van der Waals surface area contributed by atoms with Gasteiger partial charge in [0, 0.05) is 11.6 Å². The molecule has 0 amide bonds. The highest BCUT2D eigenvalue weighted by Crippen LogP contribution is 2.20. The Balaban J connectivity index is 1.76. The molecule has 0 spiro atoms. The van der Waals surface area contributed by atoms with Crippen LogP contribution in [-0.4, -0.2) is 36.2 Å². The van der Waals surface area contributed by atoms with Crippen LogP contribution in [0.25, 0.3) is 5.65 Å². The number of hydrogen-bond donors (Lipinski definition) is 3. The van der Waals surface area contributed by atoms with Gasteiger partial charge < -0.3 is 10.2 Å². The Morgan fingerprint density at radius 3 is 2.95 bits per heavy atom. The van der Waals surface area contributed by atoms with Gasteiger partial charge in [0.15, 0.2) is 11.5 Å². The van der Waals surface area contributed by atoms with E-state index >= 15 is 0 Å². The van der Waals surface area contributed by atoms with Gasteiger partial charge in [0.05, 0.1) is 6.21 Å². The Labute approximate surface area is 113 Å². The number of hydrazone groups is 1. The summed E-state index contributed by atoms with van der Waals surface area (Å²) in [6.45, 7) is 0. The maximum absolute atomic E-state index is 9.59. The van der Waals surface area contributed by atoms with Crippen LogP contribution in [0, 0.1) is 0 Å². The van der Waals surface area contributed by atoms with Crippen molar-refractivity contribution >= 4 is 17.7 Å². The standard InChI is InChI=1S/C12H10N6O2/c19-9-2-1-8(10(20)5-9)6-13-15-11-3-4-12-16-14-7-18(12)17-11/h1-7,19-20H,(H,15,17). The largest absolute Gasteiger partial charge is 0.508 e. The van der Waals surface area contributed by atoms with Gasteiger partial charge in [-0.3, -0.25) is 5.43 Å². The molecule has 0 unspecified atom stereocenters. The van der Waals surface area contributed by atoms with Crippen LogP contribution >= 0.6 is 0 Å². The SMILES string of the molecule is Oc1ccc(C=NNc2ccc3nncn3n2)c(O)c1. The Morgan fingerprint density at radius 2 is 2.10 bits per heavy atom. The van der Waals surface area contributed by atoms with Crippen LogP contribution in [0.15, 0.2) is 41.8 Å². The van der Waals surface area contributed by atoms with E-state index in [1.165, 1.54) is 29.2 Å². The number of rotatable bonds is 3. The van der Waals surface area contributed by atoms with Crippen molar-refractivity contribution in [3.63, 3.8) is 0 Å². The van der Waals surface area contributed by atoms with E-state index in [-0.39, 0.29) is 11.5 Å². The molecule has 8 heteroatoms. The predicted octanol–water partition coefficient (Wildman–Crippen LogP) is 0.981. The van der Waals surface area contributed by atoms with Gasteiger partial charge in [-0.25, -0.2) is 0 Å². The minimum absolute atomic E-state index is 0.00710. The monoisotopic (exact) mass is 270 g/mol. The number of phenolic OH excluding ortho intramolecular Hbond substituents is 2. The number of nitrogens with one attached hydrogen (secondary N) is 1. The molecule has 0 atom stereocenters. The lowest BCUT2D eigenvalue weighted by atomic mass is 10.2. The molecule has 3 N–H and O–H groups in total. The van der Waals surface area contributed by atoms with Gasteiger partial charge in [-0.05, 0) is 24.3 Å².